The Hall–Kier alpha value is -4.08. The fourth-order valence-corrected chi connectivity index (χ4v) is 3.74. The number of aliphatic hydroxyl groups excluding tert-OH is 1. The number of anilines is 1. The number of benzene rings is 2. The molecule has 2 N–H and O–H groups in total. The normalized spacial score (nSPS) is 12.2. The minimum absolute atomic E-state index is 0.0353. The van der Waals surface area contributed by atoms with Crippen molar-refractivity contribution < 1.29 is 27.5 Å². The third-order valence-electron chi connectivity index (χ3n) is 4.69. The first kappa shape index (κ1) is 23.1. The van der Waals surface area contributed by atoms with Gasteiger partial charge in [-0.15, -0.1) is 11.3 Å². The molecule has 4 aromatic rings. The predicted octanol–water partition coefficient (Wildman–Crippen LogP) is 4.69. The number of thiazole rings is 1. The maximum Gasteiger partial charge on any atom is 0.435 e. The van der Waals surface area contributed by atoms with Crippen LogP contribution in [-0.4, -0.2) is 25.8 Å². The highest BCUT2D eigenvalue weighted by atomic mass is 32.1. The van der Waals surface area contributed by atoms with Crippen LogP contribution in [-0.2, 0) is 6.18 Å². The number of hydrogen-bond donors (Lipinski definition) is 2. The molecule has 0 saturated carbocycles. The molecule has 0 spiro atoms. The quantitative estimate of drug-likeness (QED) is 0.398. The monoisotopic (exact) mass is 487 g/mol. The largest absolute Gasteiger partial charge is 0.435 e. The summed E-state index contributed by atoms with van der Waals surface area (Å²) in [6.07, 6.45) is -4.56. The Balaban J connectivity index is 1.71. The number of hydrogen-bond acceptors (Lipinski definition) is 6. The molecule has 2 aromatic carbocycles. The summed E-state index contributed by atoms with van der Waals surface area (Å²) in [5.41, 5.74) is -1.83. The summed E-state index contributed by atoms with van der Waals surface area (Å²) in [5, 5.41) is 27.2. The van der Waals surface area contributed by atoms with E-state index in [4.69, 9.17) is 5.26 Å². The molecule has 2 heterocycles. The van der Waals surface area contributed by atoms with Crippen molar-refractivity contribution in [3.05, 3.63) is 93.4 Å². The van der Waals surface area contributed by atoms with Gasteiger partial charge in [-0.1, -0.05) is 12.1 Å². The molecule has 0 aliphatic heterocycles. The lowest BCUT2D eigenvalue weighted by atomic mass is 10.1. The van der Waals surface area contributed by atoms with E-state index in [9.17, 15) is 27.5 Å². The third kappa shape index (κ3) is 4.66. The van der Waals surface area contributed by atoms with Gasteiger partial charge in [-0.2, -0.15) is 23.5 Å². The molecule has 1 amide bonds. The van der Waals surface area contributed by atoms with Crippen LogP contribution < -0.4 is 5.32 Å². The van der Waals surface area contributed by atoms with Crippen LogP contribution >= 0.6 is 11.3 Å². The van der Waals surface area contributed by atoms with E-state index in [2.05, 4.69) is 15.4 Å². The fraction of sp³-hybridized carbons (Fsp3) is 0.0909. The SMILES string of the molecule is N#Cc1cccc(-n2nc(C(F)(F)F)cc2C(=O)Nc2cc(C(O)c3nccs3)ccc2F)c1. The summed E-state index contributed by atoms with van der Waals surface area (Å²) in [6, 6.07) is 11.4. The van der Waals surface area contributed by atoms with Gasteiger partial charge < -0.3 is 10.4 Å². The molecule has 12 heteroatoms. The molecule has 4 rings (SSSR count). The van der Waals surface area contributed by atoms with Crippen LogP contribution in [0.4, 0.5) is 23.2 Å². The Morgan fingerprint density at radius 2 is 2.00 bits per heavy atom. The maximum atomic E-state index is 14.4. The summed E-state index contributed by atoms with van der Waals surface area (Å²) in [4.78, 5) is 16.9. The molecule has 7 nitrogen and oxygen atoms in total. The molecule has 0 radical (unpaired) electrons. The van der Waals surface area contributed by atoms with E-state index in [1.54, 1.807) is 5.38 Å². The minimum Gasteiger partial charge on any atom is -0.381 e. The molecule has 0 aliphatic carbocycles. The second-order valence-corrected chi connectivity index (χ2v) is 7.88. The fourth-order valence-electron chi connectivity index (χ4n) is 3.09. The first-order valence-corrected chi connectivity index (χ1v) is 10.4. The topological polar surface area (TPSA) is 104 Å². The van der Waals surface area contributed by atoms with Gasteiger partial charge in [0, 0.05) is 17.6 Å². The second kappa shape index (κ2) is 9.05. The van der Waals surface area contributed by atoms with Crippen molar-refractivity contribution in [1.29, 1.82) is 5.26 Å². The van der Waals surface area contributed by atoms with Crippen molar-refractivity contribution in [2.75, 3.05) is 5.32 Å². The summed E-state index contributed by atoms with van der Waals surface area (Å²) in [7, 11) is 0. The Morgan fingerprint density at radius 1 is 1.21 bits per heavy atom. The Bertz CT molecular complexity index is 1390. The van der Waals surface area contributed by atoms with Crippen molar-refractivity contribution in [3.8, 4) is 11.8 Å². The molecular formula is C22H13F4N5O2S. The van der Waals surface area contributed by atoms with Crippen molar-refractivity contribution >= 4 is 22.9 Å². The zero-order valence-electron chi connectivity index (χ0n) is 16.9. The van der Waals surface area contributed by atoms with E-state index in [0.717, 1.165) is 10.7 Å². The lowest BCUT2D eigenvalue weighted by Gasteiger charge is -2.12. The third-order valence-corrected chi connectivity index (χ3v) is 5.52. The predicted molar refractivity (Wildman–Crippen MR) is 114 cm³/mol. The zero-order valence-corrected chi connectivity index (χ0v) is 17.7. The molecule has 0 aliphatic rings. The van der Waals surface area contributed by atoms with Crippen molar-refractivity contribution in [2.24, 2.45) is 0 Å². The van der Waals surface area contributed by atoms with E-state index < -0.39 is 35.4 Å². The van der Waals surface area contributed by atoms with Gasteiger partial charge in [-0.3, -0.25) is 4.79 Å². The molecule has 34 heavy (non-hydrogen) atoms. The molecule has 2 aromatic heterocycles. The molecule has 0 bridgehead atoms. The van der Waals surface area contributed by atoms with Crippen molar-refractivity contribution in [1.82, 2.24) is 14.8 Å². The highest BCUT2D eigenvalue weighted by molar-refractivity contribution is 7.09. The molecule has 0 fully saturated rings. The lowest BCUT2D eigenvalue weighted by Crippen LogP contribution is -2.18. The van der Waals surface area contributed by atoms with Gasteiger partial charge in [0.05, 0.1) is 23.0 Å². The Morgan fingerprint density at radius 3 is 2.68 bits per heavy atom. The van der Waals surface area contributed by atoms with Crippen LogP contribution in [0.2, 0.25) is 0 Å². The van der Waals surface area contributed by atoms with E-state index in [1.165, 1.54) is 53.9 Å². The smallest absolute Gasteiger partial charge is 0.381 e. The minimum atomic E-state index is -4.85. The standard InChI is InChI=1S/C22H13F4N5O2S/c23-15-5-4-13(19(32)21-28-6-7-34-21)9-16(15)29-20(33)17-10-18(22(24,25)26)30-31(17)14-3-1-2-12(8-14)11-27/h1-10,19,32H,(H,29,33). The molecule has 172 valence electrons. The van der Waals surface area contributed by atoms with Gasteiger partial charge in [0.1, 0.15) is 22.6 Å². The van der Waals surface area contributed by atoms with Gasteiger partial charge in [0.25, 0.3) is 5.91 Å². The number of nitrogens with zero attached hydrogens (tertiary/aromatic N) is 4. The van der Waals surface area contributed by atoms with Crippen LogP contribution in [0.5, 0.6) is 0 Å². The number of carbonyl (C=O) groups is 1. The van der Waals surface area contributed by atoms with Crippen LogP contribution in [0.1, 0.15) is 38.4 Å². The number of carbonyl (C=O) groups excluding carboxylic acids is 1. The Labute approximate surface area is 193 Å². The second-order valence-electron chi connectivity index (χ2n) is 6.95. The summed E-state index contributed by atoms with van der Waals surface area (Å²) < 4.78 is 55.1. The van der Waals surface area contributed by atoms with Crippen LogP contribution in [0.3, 0.4) is 0 Å². The van der Waals surface area contributed by atoms with E-state index in [-0.39, 0.29) is 22.5 Å². The molecular weight excluding hydrogens is 474 g/mol. The average molecular weight is 487 g/mol. The number of nitriles is 1. The molecule has 1 unspecified atom stereocenters. The van der Waals surface area contributed by atoms with Gasteiger partial charge in [0.15, 0.2) is 5.69 Å². The van der Waals surface area contributed by atoms with Gasteiger partial charge in [-0.05, 0) is 35.9 Å². The van der Waals surface area contributed by atoms with Crippen LogP contribution in [0, 0.1) is 17.1 Å². The number of rotatable bonds is 5. The lowest BCUT2D eigenvalue weighted by molar-refractivity contribution is -0.141. The van der Waals surface area contributed by atoms with Crippen LogP contribution in [0.25, 0.3) is 5.69 Å². The number of aliphatic hydroxyl groups is 1. The Kier molecular flexibility index (Phi) is 6.14. The highest BCUT2D eigenvalue weighted by Gasteiger charge is 2.36. The number of amides is 1. The first-order valence-electron chi connectivity index (χ1n) is 9.53. The first-order chi connectivity index (χ1) is 16.2. The van der Waals surface area contributed by atoms with Crippen molar-refractivity contribution in [2.45, 2.75) is 12.3 Å². The number of alkyl halides is 3. The van der Waals surface area contributed by atoms with Gasteiger partial charge >= 0.3 is 6.18 Å². The number of nitrogens with one attached hydrogen (secondary N) is 1. The summed E-state index contributed by atoms with van der Waals surface area (Å²) in [5.74, 6) is -1.94. The van der Waals surface area contributed by atoms with Crippen LogP contribution in [0.15, 0.2) is 60.1 Å². The summed E-state index contributed by atoms with van der Waals surface area (Å²) in [6.45, 7) is 0. The molecule has 0 saturated heterocycles. The van der Waals surface area contributed by atoms with E-state index >= 15 is 0 Å². The summed E-state index contributed by atoms with van der Waals surface area (Å²) >= 11 is 1.17. The zero-order chi connectivity index (χ0) is 24.5. The van der Waals surface area contributed by atoms with E-state index in [1.807, 2.05) is 6.07 Å². The number of halogens is 4. The average Bonchev–Trinajstić information content (AvgIpc) is 3.50. The van der Waals surface area contributed by atoms with E-state index in [0.29, 0.717) is 11.1 Å². The van der Waals surface area contributed by atoms with Gasteiger partial charge in [-0.25, -0.2) is 14.1 Å². The molecule has 1 atom stereocenters. The van der Waals surface area contributed by atoms with Crippen molar-refractivity contribution in [3.63, 3.8) is 0 Å². The number of aromatic nitrogens is 3. The maximum absolute atomic E-state index is 14.4. The van der Waals surface area contributed by atoms with Gasteiger partial charge in [0.2, 0.25) is 0 Å². The highest BCUT2D eigenvalue weighted by Crippen LogP contribution is 2.31.